The van der Waals surface area contributed by atoms with Crippen LogP contribution in [0, 0.1) is 5.92 Å². The molecule has 6 heteroatoms. The molecule has 0 saturated carbocycles. The number of rotatable bonds is 6. The number of piperidine rings is 1. The average molecular weight is 335 g/mol. The number of hydrogen-bond donors (Lipinski definition) is 1. The highest BCUT2D eigenvalue weighted by atomic mass is 16.5. The summed E-state index contributed by atoms with van der Waals surface area (Å²) in [4.78, 5) is 25.5. The van der Waals surface area contributed by atoms with Crippen molar-refractivity contribution < 1.29 is 24.2 Å². The molecular weight excluding hydrogens is 310 g/mol. The Balaban J connectivity index is 1.94. The standard InChI is InChI=1S/C18H25NO5/c1-12-16(18(21)22)8-5-9-19(12)17(20)13(2)24-11-14-6-4-7-15(10-14)23-3/h4,6-7,10,12-13,16H,5,8-9,11H2,1-3H3,(H,21,22)/t12-,13?,16-/m0/s1. The number of likely N-dealkylation sites (tertiary alicyclic amines) is 1. The van der Waals surface area contributed by atoms with Gasteiger partial charge in [0.05, 0.1) is 19.6 Å². The number of nitrogens with zero attached hydrogens (tertiary/aromatic N) is 1. The van der Waals surface area contributed by atoms with Crippen LogP contribution in [0.2, 0.25) is 0 Å². The Bertz CT molecular complexity index is 589. The number of amides is 1. The van der Waals surface area contributed by atoms with Gasteiger partial charge >= 0.3 is 5.97 Å². The van der Waals surface area contributed by atoms with Gasteiger partial charge in [-0.15, -0.1) is 0 Å². The summed E-state index contributed by atoms with van der Waals surface area (Å²) in [5.74, 6) is -0.765. The van der Waals surface area contributed by atoms with Crippen molar-refractivity contribution in [3.05, 3.63) is 29.8 Å². The van der Waals surface area contributed by atoms with E-state index in [0.717, 1.165) is 11.3 Å². The van der Waals surface area contributed by atoms with E-state index in [2.05, 4.69) is 0 Å². The number of carboxylic acids is 1. The summed E-state index contributed by atoms with van der Waals surface area (Å²) in [7, 11) is 1.60. The van der Waals surface area contributed by atoms with Gasteiger partial charge in [-0.25, -0.2) is 0 Å². The van der Waals surface area contributed by atoms with Crippen LogP contribution in [0.1, 0.15) is 32.3 Å². The van der Waals surface area contributed by atoms with Crippen LogP contribution in [0.25, 0.3) is 0 Å². The fraction of sp³-hybridized carbons (Fsp3) is 0.556. The predicted molar refractivity (Wildman–Crippen MR) is 88.8 cm³/mol. The molecule has 1 aromatic rings. The molecular formula is C18H25NO5. The number of carbonyl (C=O) groups excluding carboxylic acids is 1. The fourth-order valence-electron chi connectivity index (χ4n) is 3.07. The van der Waals surface area contributed by atoms with Crippen molar-refractivity contribution in [1.29, 1.82) is 0 Å². The highest BCUT2D eigenvalue weighted by molar-refractivity contribution is 5.82. The van der Waals surface area contributed by atoms with Gasteiger partial charge in [0.2, 0.25) is 0 Å². The minimum atomic E-state index is -0.843. The summed E-state index contributed by atoms with van der Waals surface area (Å²) in [6, 6.07) is 7.17. The Morgan fingerprint density at radius 1 is 1.42 bits per heavy atom. The second kappa shape index (κ2) is 8.15. The SMILES string of the molecule is COc1cccc(COC(C)C(=O)N2CCC[C@H](C(=O)O)[C@@H]2C)c1. The second-order valence-corrected chi connectivity index (χ2v) is 6.16. The predicted octanol–water partition coefficient (Wildman–Crippen LogP) is 2.31. The monoisotopic (exact) mass is 335 g/mol. The Morgan fingerprint density at radius 3 is 2.83 bits per heavy atom. The highest BCUT2D eigenvalue weighted by Crippen LogP contribution is 2.25. The number of carboxylic acid groups (broad SMARTS) is 1. The molecule has 0 aromatic heterocycles. The molecule has 3 atom stereocenters. The molecule has 0 radical (unpaired) electrons. The molecule has 0 spiro atoms. The van der Waals surface area contributed by atoms with E-state index in [-0.39, 0.29) is 11.9 Å². The minimum Gasteiger partial charge on any atom is -0.497 e. The molecule has 1 amide bonds. The molecule has 132 valence electrons. The van der Waals surface area contributed by atoms with E-state index in [4.69, 9.17) is 9.47 Å². The van der Waals surface area contributed by atoms with Gasteiger partial charge in [0.15, 0.2) is 0 Å². The molecule has 6 nitrogen and oxygen atoms in total. The maximum Gasteiger partial charge on any atom is 0.308 e. The maximum absolute atomic E-state index is 12.6. The Labute approximate surface area is 142 Å². The van der Waals surface area contributed by atoms with Crippen LogP contribution in [-0.2, 0) is 20.9 Å². The quantitative estimate of drug-likeness (QED) is 0.863. The molecule has 0 bridgehead atoms. The lowest BCUT2D eigenvalue weighted by Crippen LogP contribution is -2.52. The van der Waals surface area contributed by atoms with Gasteiger partial charge in [-0.3, -0.25) is 9.59 Å². The molecule has 24 heavy (non-hydrogen) atoms. The Kier molecular flexibility index (Phi) is 6.20. The summed E-state index contributed by atoms with van der Waals surface area (Å²) in [5.41, 5.74) is 0.920. The molecule has 1 saturated heterocycles. The average Bonchev–Trinajstić information content (AvgIpc) is 2.59. The van der Waals surface area contributed by atoms with Crippen molar-refractivity contribution >= 4 is 11.9 Å². The van der Waals surface area contributed by atoms with Crippen LogP contribution in [0.5, 0.6) is 5.75 Å². The number of hydrogen-bond acceptors (Lipinski definition) is 4. The third-order valence-corrected chi connectivity index (χ3v) is 4.57. The molecule has 1 fully saturated rings. The molecule has 2 rings (SSSR count). The first-order valence-electron chi connectivity index (χ1n) is 8.22. The normalized spacial score (nSPS) is 22.0. The van der Waals surface area contributed by atoms with Crippen molar-refractivity contribution in [2.75, 3.05) is 13.7 Å². The maximum atomic E-state index is 12.6. The zero-order valence-electron chi connectivity index (χ0n) is 14.4. The lowest BCUT2D eigenvalue weighted by Gasteiger charge is -2.38. The third kappa shape index (κ3) is 4.26. The van der Waals surface area contributed by atoms with Crippen molar-refractivity contribution in [3.8, 4) is 5.75 Å². The van der Waals surface area contributed by atoms with Gasteiger partial charge in [0, 0.05) is 12.6 Å². The van der Waals surface area contributed by atoms with Crippen LogP contribution in [0.3, 0.4) is 0 Å². The number of aliphatic carboxylic acids is 1. The number of methoxy groups -OCH3 is 1. The first-order chi connectivity index (χ1) is 11.4. The first kappa shape index (κ1) is 18.3. The first-order valence-corrected chi connectivity index (χ1v) is 8.22. The molecule has 1 aliphatic heterocycles. The van der Waals surface area contributed by atoms with Gasteiger partial charge in [0.25, 0.3) is 5.91 Å². The van der Waals surface area contributed by atoms with Crippen LogP contribution in [0.15, 0.2) is 24.3 Å². The largest absolute Gasteiger partial charge is 0.497 e. The summed E-state index contributed by atoms with van der Waals surface area (Å²) >= 11 is 0. The number of benzene rings is 1. The van der Waals surface area contributed by atoms with Crippen LogP contribution in [0.4, 0.5) is 0 Å². The van der Waals surface area contributed by atoms with Crippen molar-refractivity contribution in [2.45, 2.75) is 45.4 Å². The van der Waals surface area contributed by atoms with Gasteiger partial charge in [0.1, 0.15) is 11.9 Å². The fourth-order valence-corrected chi connectivity index (χ4v) is 3.07. The summed E-state index contributed by atoms with van der Waals surface area (Å²) < 4.78 is 10.9. The number of ether oxygens (including phenoxy) is 2. The second-order valence-electron chi connectivity index (χ2n) is 6.16. The van der Waals surface area contributed by atoms with Crippen LogP contribution < -0.4 is 4.74 Å². The van der Waals surface area contributed by atoms with Crippen molar-refractivity contribution in [3.63, 3.8) is 0 Å². The topological polar surface area (TPSA) is 76.1 Å². The van der Waals surface area contributed by atoms with Gasteiger partial charge in [-0.05, 0) is 44.4 Å². The van der Waals surface area contributed by atoms with Crippen LogP contribution in [-0.4, -0.2) is 47.7 Å². The Hall–Kier alpha value is -2.08. The van der Waals surface area contributed by atoms with Crippen molar-refractivity contribution in [2.24, 2.45) is 5.92 Å². The molecule has 1 unspecified atom stereocenters. The zero-order chi connectivity index (χ0) is 17.7. The molecule has 1 heterocycles. The van der Waals surface area contributed by atoms with Crippen molar-refractivity contribution in [1.82, 2.24) is 4.90 Å². The Morgan fingerprint density at radius 2 is 2.17 bits per heavy atom. The summed E-state index contributed by atoms with van der Waals surface area (Å²) in [5, 5.41) is 9.27. The van der Waals surface area contributed by atoms with E-state index < -0.39 is 18.0 Å². The minimum absolute atomic E-state index is 0.156. The number of carbonyl (C=O) groups is 2. The smallest absolute Gasteiger partial charge is 0.308 e. The van der Waals surface area contributed by atoms with E-state index >= 15 is 0 Å². The molecule has 1 aromatic carbocycles. The van der Waals surface area contributed by atoms with Gasteiger partial charge < -0.3 is 19.5 Å². The summed E-state index contributed by atoms with van der Waals surface area (Å²) in [6.07, 6.45) is 0.695. The zero-order valence-corrected chi connectivity index (χ0v) is 14.4. The van der Waals surface area contributed by atoms with Gasteiger partial charge in [-0.2, -0.15) is 0 Å². The molecule has 1 N–H and O–H groups in total. The van der Waals surface area contributed by atoms with Crippen LogP contribution >= 0.6 is 0 Å². The lowest BCUT2D eigenvalue weighted by atomic mass is 9.90. The molecule has 1 aliphatic rings. The van der Waals surface area contributed by atoms with E-state index in [1.807, 2.05) is 24.3 Å². The van der Waals surface area contributed by atoms with E-state index in [9.17, 15) is 14.7 Å². The highest BCUT2D eigenvalue weighted by Gasteiger charge is 2.36. The van der Waals surface area contributed by atoms with E-state index in [1.54, 1.807) is 25.9 Å². The summed E-state index contributed by atoms with van der Waals surface area (Å²) in [6.45, 7) is 4.38. The third-order valence-electron chi connectivity index (χ3n) is 4.57. The molecule has 0 aliphatic carbocycles. The van der Waals surface area contributed by atoms with Gasteiger partial charge in [-0.1, -0.05) is 12.1 Å². The van der Waals surface area contributed by atoms with E-state index in [0.29, 0.717) is 26.0 Å². The van der Waals surface area contributed by atoms with E-state index in [1.165, 1.54) is 0 Å². The lowest BCUT2D eigenvalue weighted by molar-refractivity contribution is -0.154.